The average Bonchev–Trinajstić information content (AvgIpc) is 2.38. The smallest absolute Gasteiger partial charge is 0.344 e. The zero-order valence-corrected chi connectivity index (χ0v) is 11.4. The van der Waals surface area contributed by atoms with Gasteiger partial charge in [0.1, 0.15) is 0 Å². The first-order valence-corrected chi connectivity index (χ1v) is 6.45. The Kier molecular flexibility index (Phi) is 6.89. The molecule has 0 aliphatic heterocycles. The van der Waals surface area contributed by atoms with Crippen molar-refractivity contribution in [2.45, 2.75) is 26.8 Å². The van der Waals surface area contributed by atoms with Crippen LogP contribution in [0, 0.1) is 5.82 Å². The molecule has 0 amide bonds. The predicted molar refractivity (Wildman–Crippen MR) is 70.5 cm³/mol. The molecule has 0 aromatic heterocycles. The number of hydrogen-bond donors (Lipinski definition) is 1. The molecule has 0 heterocycles. The standard InChI is InChI=1S/C14H20FNO3/c1-3-7-16-9-11-5-6-13(12(15)8-11)19-10-14(17)18-4-2/h5-6,8,16H,3-4,7,9-10H2,1-2H3. The summed E-state index contributed by atoms with van der Waals surface area (Å²) in [6.07, 6.45) is 1.03. The van der Waals surface area contributed by atoms with Crippen LogP contribution >= 0.6 is 0 Å². The van der Waals surface area contributed by atoms with Crippen molar-refractivity contribution in [1.29, 1.82) is 0 Å². The van der Waals surface area contributed by atoms with E-state index in [1.807, 2.05) is 0 Å². The Hall–Kier alpha value is -1.62. The number of rotatable bonds is 8. The highest BCUT2D eigenvalue weighted by molar-refractivity contribution is 5.71. The lowest BCUT2D eigenvalue weighted by molar-refractivity contribution is -0.145. The number of benzene rings is 1. The van der Waals surface area contributed by atoms with Gasteiger partial charge in [0.25, 0.3) is 0 Å². The van der Waals surface area contributed by atoms with Gasteiger partial charge in [-0.2, -0.15) is 0 Å². The van der Waals surface area contributed by atoms with Crippen LogP contribution in [0.1, 0.15) is 25.8 Å². The van der Waals surface area contributed by atoms with Crippen molar-refractivity contribution in [3.63, 3.8) is 0 Å². The lowest BCUT2D eigenvalue weighted by Crippen LogP contribution is -2.16. The number of carbonyl (C=O) groups is 1. The van der Waals surface area contributed by atoms with Crippen molar-refractivity contribution in [1.82, 2.24) is 5.32 Å². The maximum absolute atomic E-state index is 13.7. The molecule has 0 atom stereocenters. The van der Waals surface area contributed by atoms with Crippen LogP contribution < -0.4 is 10.1 Å². The van der Waals surface area contributed by atoms with E-state index in [9.17, 15) is 9.18 Å². The van der Waals surface area contributed by atoms with Crippen LogP contribution in [-0.2, 0) is 16.1 Å². The van der Waals surface area contributed by atoms with Gasteiger partial charge in [0.15, 0.2) is 18.2 Å². The molecule has 0 unspecified atom stereocenters. The first-order valence-electron chi connectivity index (χ1n) is 6.45. The third kappa shape index (κ3) is 5.70. The topological polar surface area (TPSA) is 47.6 Å². The van der Waals surface area contributed by atoms with E-state index in [4.69, 9.17) is 9.47 Å². The molecular weight excluding hydrogens is 249 g/mol. The number of halogens is 1. The van der Waals surface area contributed by atoms with E-state index in [0.717, 1.165) is 18.5 Å². The fraction of sp³-hybridized carbons (Fsp3) is 0.500. The molecule has 1 N–H and O–H groups in total. The van der Waals surface area contributed by atoms with Crippen molar-refractivity contribution in [2.75, 3.05) is 19.8 Å². The van der Waals surface area contributed by atoms with Gasteiger partial charge in [0.05, 0.1) is 6.61 Å². The monoisotopic (exact) mass is 269 g/mol. The predicted octanol–water partition coefficient (Wildman–Crippen LogP) is 2.27. The Balaban J connectivity index is 2.49. The maximum atomic E-state index is 13.7. The third-order valence-electron chi connectivity index (χ3n) is 2.40. The van der Waals surface area contributed by atoms with Crippen LogP contribution in [0.15, 0.2) is 18.2 Å². The van der Waals surface area contributed by atoms with Crippen LogP contribution in [0.5, 0.6) is 5.75 Å². The summed E-state index contributed by atoms with van der Waals surface area (Å²) >= 11 is 0. The number of esters is 1. The number of carbonyl (C=O) groups excluding carboxylic acids is 1. The summed E-state index contributed by atoms with van der Waals surface area (Å²) in [5, 5.41) is 3.18. The number of ether oxygens (including phenoxy) is 2. The van der Waals surface area contributed by atoms with Gasteiger partial charge in [-0.3, -0.25) is 0 Å². The normalized spacial score (nSPS) is 10.3. The molecule has 0 fully saturated rings. The fourth-order valence-corrected chi connectivity index (χ4v) is 1.52. The van der Waals surface area contributed by atoms with Gasteiger partial charge < -0.3 is 14.8 Å². The first kappa shape index (κ1) is 15.4. The SMILES string of the molecule is CCCNCc1ccc(OCC(=O)OCC)c(F)c1. The molecule has 0 saturated heterocycles. The Morgan fingerprint density at radius 1 is 1.37 bits per heavy atom. The second-order valence-corrected chi connectivity index (χ2v) is 4.04. The Labute approximate surface area is 112 Å². The third-order valence-corrected chi connectivity index (χ3v) is 2.40. The summed E-state index contributed by atoms with van der Waals surface area (Å²) in [7, 11) is 0. The Morgan fingerprint density at radius 2 is 2.16 bits per heavy atom. The summed E-state index contributed by atoms with van der Waals surface area (Å²) < 4.78 is 23.4. The van der Waals surface area contributed by atoms with Crippen LogP contribution in [0.25, 0.3) is 0 Å². The van der Waals surface area contributed by atoms with Crippen LogP contribution in [0.3, 0.4) is 0 Å². The highest BCUT2D eigenvalue weighted by atomic mass is 19.1. The van der Waals surface area contributed by atoms with Crippen LogP contribution in [0.4, 0.5) is 4.39 Å². The zero-order valence-electron chi connectivity index (χ0n) is 11.4. The largest absolute Gasteiger partial charge is 0.479 e. The minimum Gasteiger partial charge on any atom is -0.479 e. The zero-order chi connectivity index (χ0) is 14.1. The van der Waals surface area contributed by atoms with Gasteiger partial charge in [-0.15, -0.1) is 0 Å². The highest BCUT2D eigenvalue weighted by Gasteiger charge is 2.08. The van der Waals surface area contributed by atoms with E-state index in [0.29, 0.717) is 6.54 Å². The molecule has 5 heteroatoms. The van der Waals surface area contributed by atoms with E-state index >= 15 is 0 Å². The second kappa shape index (κ2) is 8.48. The molecule has 4 nitrogen and oxygen atoms in total. The maximum Gasteiger partial charge on any atom is 0.344 e. The molecule has 1 aromatic rings. The number of hydrogen-bond acceptors (Lipinski definition) is 4. The van der Waals surface area contributed by atoms with E-state index in [1.165, 1.54) is 12.1 Å². The molecule has 0 saturated carbocycles. The molecule has 19 heavy (non-hydrogen) atoms. The van der Waals surface area contributed by atoms with E-state index in [1.54, 1.807) is 13.0 Å². The summed E-state index contributed by atoms with van der Waals surface area (Å²) in [4.78, 5) is 11.1. The molecule has 1 aromatic carbocycles. The molecule has 106 valence electrons. The summed E-state index contributed by atoms with van der Waals surface area (Å²) in [5.41, 5.74) is 0.842. The lowest BCUT2D eigenvalue weighted by atomic mass is 10.2. The molecule has 0 spiro atoms. The van der Waals surface area contributed by atoms with Crippen molar-refractivity contribution in [3.8, 4) is 5.75 Å². The lowest BCUT2D eigenvalue weighted by Gasteiger charge is -2.08. The minimum atomic E-state index is -0.504. The molecule has 0 aliphatic rings. The summed E-state index contributed by atoms with van der Waals surface area (Å²) in [6.45, 7) is 5.28. The molecular formula is C14H20FNO3. The molecule has 0 radical (unpaired) electrons. The van der Waals surface area contributed by atoms with Gasteiger partial charge in [0, 0.05) is 6.54 Å². The number of nitrogens with one attached hydrogen (secondary N) is 1. The molecule has 0 bridgehead atoms. The van der Waals surface area contributed by atoms with Crippen LogP contribution in [-0.4, -0.2) is 25.7 Å². The highest BCUT2D eigenvalue weighted by Crippen LogP contribution is 2.18. The van der Waals surface area contributed by atoms with Crippen molar-refractivity contribution >= 4 is 5.97 Å². The first-order chi connectivity index (χ1) is 9.17. The van der Waals surface area contributed by atoms with Gasteiger partial charge in [-0.1, -0.05) is 13.0 Å². The van der Waals surface area contributed by atoms with Crippen molar-refractivity contribution in [2.24, 2.45) is 0 Å². The quantitative estimate of drug-likeness (QED) is 0.581. The van der Waals surface area contributed by atoms with E-state index in [-0.39, 0.29) is 19.0 Å². The van der Waals surface area contributed by atoms with Crippen molar-refractivity contribution in [3.05, 3.63) is 29.6 Å². The van der Waals surface area contributed by atoms with Crippen molar-refractivity contribution < 1.29 is 18.7 Å². The van der Waals surface area contributed by atoms with Gasteiger partial charge >= 0.3 is 5.97 Å². The summed E-state index contributed by atoms with van der Waals surface area (Å²) in [5.74, 6) is -0.914. The van der Waals surface area contributed by atoms with Crippen LogP contribution in [0.2, 0.25) is 0 Å². The molecule has 1 rings (SSSR count). The summed E-state index contributed by atoms with van der Waals surface area (Å²) in [6, 6.07) is 4.70. The fourth-order valence-electron chi connectivity index (χ4n) is 1.52. The van der Waals surface area contributed by atoms with Gasteiger partial charge in [-0.25, -0.2) is 9.18 Å². The van der Waals surface area contributed by atoms with Gasteiger partial charge in [0.2, 0.25) is 0 Å². The van der Waals surface area contributed by atoms with E-state index < -0.39 is 11.8 Å². The molecule has 0 aliphatic carbocycles. The Bertz CT molecular complexity index is 410. The van der Waals surface area contributed by atoms with Gasteiger partial charge in [-0.05, 0) is 37.6 Å². The Morgan fingerprint density at radius 3 is 2.79 bits per heavy atom. The second-order valence-electron chi connectivity index (χ2n) is 4.04. The minimum absolute atomic E-state index is 0.0623. The van der Waals surface area contributed by atoms with E-state index in [2.05, 4.69) is 12.2 Å². The average molecular weight is 269 g/mol.